The van der Waals surface area contributed by atoms with Gasteiger partial charge in [0.15, 0.2) is 0 Å². The van der Waals surface area contributed by atoms with Crippen molar-refractivity contribution >= 4 is 11.8 Å². The van der Waals surface area contributed by atoms with Crippen molar-refractivity contribution < 1.29 is 14.3 Å². The zero-order valence-electron chi connectivity index (χ0n) is 12.6. The second-order valence-electron chi connectivity index (χ2n) is 5.03. The van der Waals surface area contributed by atoms with Crippen LogP contribution >= 0.6 is 0 Å². The number of amides is 2. The molecule has 0 aromatic heterocycles. The van der Waals surface area contributed by atoms with Gasteiger partial charge in [0, 0.05) is 20.2 Å². The highest BCUT2D eigenvalue weighted by Crippen LogP contribution is 1.91. The average molecular weight is 273 g/mol. The summed E-state index contributed by atoms with van der Waals surface area (Å²) in [5.41, 5.74) is 0. The Kier molecular flexibility index (Phi) is 9.16. The summed E-state index contributed by atoms with van der Waals surface area (Å²) in [5.74, 6) is 0.178. The number of carbonyl (C=O) groups excluding carboxylic acids is 2. The van der Waals surface area contributed by atoms with Crippen molar-refractivity contribution in [1.82, 2.24) is 16.0 Å². The minimum atomic E-state index is -0.420. The lowest BCUT2D eigenvalue weighted by Crippen LogP contribution is -2.51. The van der Waals surface area contributed by atoms with Crippen molar-refractivity contribution in [2.45, 2.75) is 39.8 Å². The SMILES string of the molecule is COCCNC(=O)C(C)NC(C)C(=O)NCC(C)C. The average Bonchev–Trinajstić information content (AvgIpc) is 2.35. The number of methoxy groups -OCH3 is 1. The molecule has 2 unspecified atom stereocenters. The fraction of sp³-hybridized carbons (Fsp3) is 0.846. The van der Waals surface area contributed by atoms with E-state index in [-0.39, 0.29) is 11.8 Å². The maximum absolute atomic E-state index is 11.7. The maximum Gasteiger partial charge on any atom is 0.236 e. The van der Waals surface area contributed by atoms with Crippen molar-refractivity contribution in [3.8, 4) is 0 Å². The Hall–Kier alpha value is -1.14. The van der Waals surface area contributed by atoms with Gasteiger partial charge in [-0.25, -0.2) is 0 Å². The van der Waals surface area contributed by atoms with E-state index in [1.54, 1.807) is 21.0 Å². The van der Waals surface area contributed by atoms with Crippen LogP contribution in [0.2, 0.25) is 0 Å². The van der Waals surface area contributed by atoms with Crippen molar-refractivity contribution in [1.29, 1.82) is 0 Å². The molecule has 0 aliphatic rings. The molecule has 0 saturated carbocycles. The van der Waals surface area contributed by atoms with E-state index in [2.05, 4.69) is 16.0 Å². The molecule has 0 fully saturated rings. The molecule has 0 saturated heterocycles. The first-order valence-electron chi connectivity index (χ1n) is 6.68. The lowest BCUT2D eigenvalue weighted by atomic mass is 10.2. The second-order valence-corrected chi connectivity index (χ2v) is 5.03. The van der Waals surface area contributed by atoms with E-state index in [0.29, 0.717) is 25.6 Å². The fourth-order valence-electron chi connectivity index (χ4n) is 1.41. The second kappa shape index (κ2) is 9.75. The molecular weight excluding hydrogens is 246 g/mol. The molecule has 112 valence electrons. The van der Waals surface area contributed by atoms with E-state index < -0.39 is 12.1 Å². The predicted molar refractivity (Wildman–Crippen MR) is 74.8 cm³/mol. The third-order valence-corrected chi connectivity index (χ3v) is 2.58. The quantitative estimate of drug-likeness (QED) is 0.512. The Bertz CT molecular complexity index is 282. The Morgan fingerprint density at radius 2 is 1.53 bits per heavy atom. The van der Waals surface area contributed by atoms with Crippen LogP contribution in [0, 0.1) is 5.92 Å². The number of hydrogen-bond acceptors (Lipinski definition) is 4. The molecule has 3 N–H and O–H groups in total. The number of ether oxygens (including phenoxy) is 1. The van der Waals surface area contributed by atoms with Gasteiger partial charge in [-0.15, -0.1) is 0 Å². The van der Waals surface area contributed by atoms with Crippen molar-refractivity contribution in [3.05, 3.63) is 0 Å². The zero-order valence-corrected chi connectivity index (χ0v) is 12.6. The van der Waals surface area contributed by atoms with Crippen molar-refractivity contribution in [3.63, 3.8) is 0 Å². The van der Waals surface area contributed by atoms with Gasteiger partial charge >= 0.3 is 0 Å². The number of carbonyl (C=O) groups is 2. The summed E-state index contributed by atoms with van der Waals surface area (Å²) in [6, 6.07) is -0.821. The van der Waals surface area contributed by atoms with E-state index in [1.807, 2.05) is 13.8 Å². The molecule has 0 aliphatic carbocycles. The molecule has 0 heterocycles. The summed E-state index contributed by atoms with van der Waals surface area (Å²) in [4.78, 5) is 23.4. The van der Waals surface area contributed by atoms with Gasteiger partial charge in [0.05, 0.1) is 18.7 Å². The molecule has 2 atom stereocenters. The van der Waals surface area contributed by atoms with Gasteiger partial charge in [0.25, 0.3) is 0 Å². The number of rotatable bonds is 9. The number of hydrogen-bond donors (Lipinski definition) is 3. The normalized spacial score (nSPS) is 14.0. The van der Waals surface area contributed by atoms with Crippen LogP contribution in [-0.4, -0.2) is 50.7 Å². The standard InChI is InChI=1S/C13H27N3O3/c1-9(2)8-15-13(18)11(4)16-10(3)12(17)14-6-7-19-5/h9-11,16H,6-8H2,1-5H3,(H,14,17)(H,15,18). The summed E-state index contributed by atoms with van der Waals surface area (Å²) >= 11 is 0. The van der Waals surface area contributed by atoms with Crippen LogP contribution in [0.4, 0.5) is 0 Å². The molecule has 0 rings (SSSR count). The Balaban J connectivity index is 3.99. The first-order valence-corrected chi connectivity index (χ1v) is 6.68. The minimum Gasteiger partial charge on any atom is -0.383 e. The smallest absolute Gasteiger partial charge is 0.236 e. The topological polar surface area (TPSA) is 79.5 Å². The first-order chi connectivity index (χ1) is 8.88. The van der Waals surface area contributed by atoms with Crippen LogP contribution < -0.4 is 16.0 Å². The molecule has 0 aliphatic heterocycles. The molecule has 0 bridgehead atoms. The molecule has 2 amide bonds. The summed E-state index contributed by atoms with van der Waals surface area (Å²) < 4.78 is 4.85. The number of nitrogens with one attached hydrogen (secondary N) is 3. The maximum atomic E-state index is 11.7. The summed E-state index contributed by atoms with van der Waals surface area (Å²) in [7, 11) is 1.58. The highest BCUT2D eigenvalue weighted by Gasteiger charge is 2.19. The first kappa shape index (κ1) is 17.9. The van der Waals surface area contributed by atoms with Crippen LogP contribution in [0.15, 0.2) is 0 Å². The van der Waals surface area contributed by atoms with Gasteiger partial charge in [-0.1, -0.05) is 13.8 Å². The van der Waals surface area contributed by atoms with E-state index >= 15 is 0 Å². The lowest BCUT2D eigenvalue weighted by molar-refractivity contribution is -0.125. The largest absolute Gasteiger partial charge is 0.383 e. The molecule has 6 heteroatoms. The van der Waals surface area contributed by atoms with Crippen molar-refractivity contribution in [2.24, 2.45) is 5.92 Å². The van der Waals surface area contributed by atoms with Gasteiger partial charge in [0.2, 0.25) is 11.8 Å². The van der Waals surface area contributed by atoms with Crippen LogP contribution in [0.25, 0.3) is 0 Å². The molecule has 19 heavy (non-hydrogen) atoms. The van der Waals surface area contributed by atoms with E-state index in [0.717, 1.165) is 0 Å². The summed E-state index contributed by atoms with van der Waals surface area (Å²) in [6.45, 7) is 9.12. The van der Waals surface area contributed by atoms with Crippen LogP contribution in [0.1, 0.15) is 27.7 Å². The highest BCUT2D eigenvalue weighted by atomic mass is 16.5. The highest BCUT2D eigenvalue weighted by molar-refractivity contribution is 5.84. The van der Waals surface area contributed by atoms with Gasteiger partial charge < -0.3 is 15.4 Å². The Labute approximate surface area is 115 Å². The Morgan fingerprint density at radius 1 is 1.00 bits per heavy atom. The van der Waals surface area contributed by atoms with Gasteiger partial charge in [-0.05, 0) is 19.8 Å². The molecule has 0 spiro atoms. The van der Waals surface area contributed by atoms with E-state index in [1.165, 1.54) is 0 Å². The van der Waals surface area contributed by atoms with Crippen molar-refractivity contribution in [2.75, 3.05) is 26.8 Å². The van der Waals surface area contributed by atoms with Crippen LogP contribution in [0.3, 0.4) is 0 Å². The Morgan fingerprint density at radius 3 is 2.00 bits per heavy atom. The molecule has 0 aromatic rings. The lowest BCUT2D eigenvalue weighted by Gasteiger charge is -2.19. The van der Waals surface area contributed by atoms with Crippen LogP contribution in [0.5, 0.6) is 0 Å². The van der Waals surface area contributed by atoms with Gasteiger partial charge in [-0.2, -0.15) is 0 Å². The molecular formula is C13H27N3O3. The van der Waals surface area contributed by atoms with E-state index in [9.17, 15) is 9.59 Å². The fourth-order valence-corrected chi connectivity index (χ4v) is 1.41. The molecule has 0 aromatic carbocycles. The minimum absolute atomic E-state index is 0.0924. The molecule has 0 radical (unpaired) electrons. The third kappa shape index (κ3) is 8.56. The third-order valence-electron chi connectivity index (χ3n) is 2.58. The predicted octanol–water partition coefficient (Wildman–Crippen LogP) is -0.112. The monoisotopic (exact) mass is 273 g/mol. The molecule has 6 nitrogen and oxygen atoms in total. The summed E-state index contributed by atoms with van der Waals surface area (Å²) in [5, 5.41) is 8.51. The zero-order chi connectivity index (χ0) is 14.8. The van der Waals surface area contributed by atoms with E-state index in [4.69, 9.17) is 4.74 Å². The van der Waals surface area contributed by atoms with Gasteiger partial charge in [-0.3, -0.25) is 14.9 Å². The van der Waals surface area contributed by atoms with Crippen LogP contribution in [-0.2, 0) is 14.3 Å². The van der Waals surface area contributed by atoms with Gasteiger partial charge in [0.1, 0.15) is 0 Å². The summed E-state index contributed by atoms with van der Waals surface area (Å²) in [6.07, 6.45) is 0.